The topological polar surface area (TPSA) is 118 Å². The predicted molar refractivity (Wildman–Crippen MR) is 119 cm³/mol. The minimum Gasteiger partial charge on any atom is -0.480 e. The molecule has 0 aliphatic heterocycles. The number of carbonyl (C=O) groups is 1. The molecule has 9 nitrogen and oxygen atoms in total. The Bertz CT molecular complexity index is 1030. The van der Waals surface area contributed by atoms with E-state index in [9.17, 15) is 15.0 Å². The lowest BCUT2D eigenvalue weighted by atomic mass is 9.93. The van der Waals surface area contributed by atoms with Gasteiger partial charge in [0.2, 0.25) is 5.95 Å². The van der Waals surface area contributed by atoms with Crippen molar-refractivity contribution in [1.29, 1.82) is 0 Å². The largest absolute Gasteiger partial charge is 0.480 e. The molecule has 3 N–H and O–H groups in total. The standard InChI is InChI=1S/C22H32N6O3/c1-6-15(14(2)3)12-27-8-7-16-10-23-21(26-19(16)27)25-17-11-24-28(13-17)18(20(29)30)9-22(4,5)31/h7-8,10-11,13-15,18,31H,6,9,12H2,1-5H3,(H,29,30)(H,23,25,26). The van der Waals surface area contributed by atoms with Gasteiger partial charge in [-0.05, 0) is 31.7 Å². The number of fused-ring (bicyclic) bond motifs is 1. The zero-order chi connectivity index (χ0) is 22.8. The number of rotatable bonds is 10. The van der Waals surface area contributed by atoms with Crippen molar-refractivity contribution < 1.29 is 15.0 Å². The van der Waals surface area contributed by atoms with Crippen LogP contribution in [0.4, 0.5) is 11.6 Å². The Kier molecular flexibility index (Phi) is 6.64. The first kappa shape index (κ1) is 22.7. The quantitative estimate of drug-likeness (QED) is 0.449. The molecule has 0 fully saturated rings. The number of nitrogens with zero attached hydrogens (tertiary/aromatic N) is 5. The van der Waals surface area contributed by atoms with Gasteiger partial charge in [-0.25, -0.2) is 9.78 Å². The van der Waals surface area contributed by atoms with E-state index in [0.29, 0.717) is 23.5 Å². The summed E-state index contributed by atoms with van der Waals surface area (Å²) < 4.78 is 3.49. The fraction of sp³-hybridized carbons (Fsp3) is 0.545. The third-order valence-electron chi connectivity index (χ3n) is 5.56. The summed E-state index contributed by atoms with van der Waals surface area (Å²) in [5.41, 5.74) is 0.302. The van der Waals surface area contributed by atoms with Gasteiger partial charge in [0.25, 0.3) is 0 Å². The second-order valence-corrected chi connectivity index (χ2v) is 9.06. The zero-order valence-corrected chi connectivity index (χ0v) is 18.8. The number of hydrogen-bond acceptors (Lipinski definition) is 6. The van der Waals surface area contributed by atoms with Crippen molar-refractivity contribution >= 4 is 28.6 Å². The molecule has 0 bridgehead atoms. The van der Waals surface area contributed by atoms with Gasteiger partial charge in [-0.15, -0.1) is 0 Å². The lowest BCUT2D eigenvalue weighted by Gasteiger charge is -2.22. The molecule has 0 radical (unpaired) electrons. The summed E-state index contributed by atoms with van der Waals surface area (Å²) in [5.74, 6) is 0.504. The van der Waals surface area contributed by atoms with E-state index < -0.39 is 17.6 Å². The Balaban J connectivity index is 1.81. The van der Waals surface area contributed by atoms with Gasteiger partial charge in [0.15, 0.2) is 6.04 Å². The van der Waals surface area contributed by atoms with Crippen molar-refractivity contribution in [1.82, 2.24) is 24.3 Å². The maximum Gasteiger partial charge on any atom is 0.328 e. The van der Waals surface area contributed by atoms with Gasteiger partial charge in [-0.3, -0.25) is 4.68 Å². The van der Waals surface area contributed by atoms with Crippen LogP contribution >= 0.6 is 0 Å². The van der Waals surface area contributed by atoms with Crippen molar-refractivity contribution in [2.45, 2.75) is 65.6 Å². The second-order valence-electron chi connectivity index (χ2n) is 9.06. The van der Waals surface area contributed by atoms with Crippen molar-refractivity contribution in [2.75, 3.05) is 5.32 Å². The van der Waals surface area contributed by atoms with E-state index in [1.165, 1.54) is 10.9 Å². The molecule has 168 valence electrons. The first-order valence-electron chi connectivity index (χ1n) is 10.7. The van der Waals surface area contributed by atoms with Crippen LogP contribution in [-0.4, -0.2) is 46.1 Å². The molecule has 9 heteroatoms. The third-order valence-corrected chi connectivity index (χ3v) is 5.56. The highest BCUT2D eigenvalue weighted by molar-refractivity contribution is 5.77. The van der Waals surface area contributed by atoms with E-state index in [0.717, 1.165) is 24.0 Å². The molecule has 0 aromatic carbocycles. The summed E-state index contributed by atoms with van der Waals surface area (Å²) in [6.07, 6.45) is 8.06. The number of nitrogens with one attached hydrogen (secondary N) is 1. The third kappa shape index (κ3) is 5.61. The Hall–Kier alpha value is -2.94. The van der Waals surface area contributed by atoms with Crippen molar-refractivity contribution in [3.63, 3.8) is 0 Å². The van der Waals surface area contributed by atoms with Crippen molar-refractivity contribution in [2.24, 2.45) is 11.8 Å². The molecule has 0 amide bonds. The van der Waals surface area contributed by atoms with Crippen molar-refractivity contribution in [3.05, 3.63) is 30.9 Å². The van der Waals surface area contributed by atoms with Crippen LogP contribution < -0.4 is 5.32 Å². The first-order chi connectivity index (χ1) is 14.6. The molecule has 3 aromatic rings. The highest BCUT2D eigenvalue weighted by atomic mass is 16.4. The lowest BCUT2D eigenvalue weighted by molar-refractivity contribution is -0.143. The number of aromatic nitrogens is 5. The maximum atomic E-state index is 11.6. The monoisotopic (exact) mass is 428 g/mol. The summed E-state index contributed by atoms with van der Waals surface area (Å²) in [4.78, 5) is 20.7. The van der Waals surface area contributed by atoms with Gasteiger partial charge in [0.05, 0.1) is 17.5 Å². The number of carboxylic acid groups (broad SMARTS) is 1. The Morgan fingerprint density at radius 2 is 2.03 bits per heavy atom. The van der Waals surface area contributed by atoms with Gasteiger partial charge in [-0.1, -0.05) is 27.2 Å². The predicted octanol–water partition coefficient (Wildman–Crippen LogP) is 3.84. The van der Waals surface area contributed by atoms with E-state index in [1.807, 2.05) is 12.3 Å². The molecule has 0 saturated carbocycles. The van der Waals surface area contributed by atoms with Gasteiger partial charge in [0, 0.05) is 36.9 Å². The fourth-order valence-electron chi connectivity index (χ4n) is 3.71. The van der Waals surface area contributed by atoms with Gasteiger partial charge in [-0.2, -0.15) is 10.1 Å². The van der Waals surface area contributed by atoms with E-state index >= 15 is 0 Å². The van der Waals surface area contributed by atoms with Crippen LogP contribution in [0, 0.1) is 11.8 Å². The van der Waals surface area contributed by atoms with Crippen LogP contribution in [0.25, 0.3) is 11.0 Å². The van der Waals surface area contributed by atoms with Crippen LogP contribution in [0.15, 0.2) is 30.9 Å². The van der Waals surface area contributed by atoms with Crippen LogP contribution in [0.3, 0.4) is 0 Å². The number of aliphatic hydroxyl groups is 1. The maximum absolute atomic E-state index is 11.6. The molecule has 3 heterocycles. The lowest BCUT2D eigenvalue weighted by Crippen LogP contribution is -2.30. The van der Waals surface area contributed by atoms with Crippen LogP contribution in [0.1, 0.15) is 53.5 Å². The fourth-order valence-corrected chi connectivity index (χ4v) is 3.71. The highest BCUT2D eigenvalue weighted by Gasteiger charge is 2.28. The Morgan fingerprint density at radius 1 is 1.29 bits per heavy atom. The summed E-state index contributed by atoms with van der Waals surface area (Å²) >= 11 is 0. The molecule has 0 spiro atoms. The van der Waals surface area contributed by atoms with E-state index in [-0.39, 0.29) is 6.42 Å². The molecule has 2 atom stereocenters. The van der Waals surface area contributed by atoms with Crippen LogP contribution in [0.2, 0.25) is 0 Å². The van der Waals surface area contributed by atoms with Gasteiger partial charge >= 0.3 is 5.97 Å². The van der Waals surface area contributed by atoms with Crippen LogP contribution in [-0.2, 0) is 11.3 Å². The first-order valence-corrected chi connectivity index (χ1v) is 10.7. The summed E-state index contributed by atoms with van der Waals surface area (Å²) in [6, 6.07) is 1.04. The van der Waals surface area contributed by atoms with E-state index in [2.05, 4.69) is 45.7 Å². The molecular weight excluding hydrogens is 396 g/mol. The molecule has 3 rings (SSSR count). The van der Waals surface area contributed by atoms with E-state index in [1.54, 1.807) is 26.2 Å². The molecule has 3 aromatic heterocycles. The minimum absolute atomic E-state index is 0.0356. The Labute approximate surface area is 182 Å². The smallest absolute Gasteiger partial charge is 0.328 e. The second kappa shape index (κ2) is 9.05. The molecule has 0 aliphatic rings. The Morgan fingerprint density at radius 3 is 2.65 bits per heavy atom. The average molecular weight is 429 g/mol. The molecule has 0 saturated heterocycles. The van der Waals surface area contributed by atoms with Crippen molar-refractivity contribution in [3.8, 4) is 0 Å². The van der Waals surface area contributed by atoms with Gasteiger partial charge in [0.1, 0.15) is 5.65 Å². The number of carboxylic acids is 1. The molecule has 2 unspecified atom stereocenters. The minimum atomic E-state index is -1.13. The highest BCUT2D eigenvalue weighted by Crippen LogP contribution is 2.24. The molecule has 31 heavy (non-hydrogen) atoms. The van der Waals surface area contributed by atoms with Crippen LogP contribution in [0.5, 0.6) is 0 Å². The normalized spacial score (nSPS) is 14.2. The molecule has 0 aliphatic carbocycles. The zero-order valence-electron chi connectivity index (χ0n) is 18.8. The molecular formula is C22H32N6O3. The number of hydrogen-bond donors (Lipinski definition) is 3. The summed E-state index contributed by atoms with van der Waals surface area (Å²) in [6.45, 7) is 10.7. The average Bonchev–Trinajstić information content (AvgIpc) is 3.30. The SMILES string of the molecule is CCC(Cn1ccc2cnc(Nc3cnn(C(CC(C)(C)O)C(=O)O)c3)nc21)C(C)C. The number of anilines is 2. The summed E-state index contributed by atoms with van der Waals surface area (Å²) in [5, 5.41) is 27.8. The van der Waals surface area contributed by atoms with Gasteiger partial charge < -0.3 is 20.1 Å². The van der Waals surface area contributed by atoms with E-state index in [4.69, 9.17) is 0 Å². The summed E-state index contributed by atoms with van der Waals surface area (Å²) in [7, 11) is 0. The number of aliphatic carboxylic acids is 1.